The molecule has 0 bridgehead atoms. The third kappa shape index (κ3) is 2.87. The van der Waals surface area contributed by atoms with Gasteiger partial charge in [-0.3, -0.25) is 0 Å². The zero-order valence-corrected chi connectivity index (χ0v) is 13.0. The number of thioether (sulfide) groups is 1. The molecule has 2 heterocycles. The molecule has 4 nitrogen and oxygen atoms in total. The van der Waals surface area contributed by atoms with Gasteiger partial charge in [-0.15, -0.1) is 11.3 Å². The fourth-order valence-corrected chi connectivity index (χ4v) is 3.34. The number of rotatable bonds is 4. The van der Waals surface area contributed by atoms with Gasteiger partial charge in [0, 0.05) is 11.6 Å². The van der Waals surface area contributed by atoms with Crippen molar-refractivity contribution in [1.82, 2.24) is 15.0 Å². The van der Waals surface area contributed by atoms with Gasteiger partial charge >= 0.3 is 0 Å². The van der Waals surface area contributed by atoms with Crippen molar-refractivity contribution in [2.45, 2.75) is 10.9 Å². The van der Waals surface area contributed by atoms with E-state index in [0.717, 1.165) is 31.1 Å². The predicted octanol–water partition coefficient (Wildman–Crippen LogP) is 4.07. The molecule has 0 saturated heterocycles. The summed E-state index contributed by atoms with van der Waals surface area (Å²) in [7, 11) is 0. The molecule has 3 rings (SSSR count). The molecule has 0 amide bonds. The van der Waals surface area contributed by atoms with Gasteiger partial charge in [-0.2, -0.15) is 0 Å². The van der Waals surface area contributed by atoms with E-state index in [1.807, 2.05) is 30.5 Å². The van der Waals surface area contributed by atoms with Crippen LogP contribution in [0.15, 0.2) is 34.9 Å². The average Bonchev–Trinajstić information content (AvgIpc) is 2.90. The maximum atomic E-state index is 5.88. The van der Waals surface area contributed by atoms with Gasteiger partial charge in [0.15, 0.2) is 9.99 Å². The Morgan fingerprint density at radius 3 is 2.80 bits per heavy atom. The third-order valence-electron chi connectivity index (χ3n) is 2.72. The summed E-state index contributed by atoms with van der Waals surface area (Å²) < 4.78 is 1.99. The maximum absolute atomic E-state index is 5.88. The summed E-state index contributed by atoms with van der Waals surface area (Å²) in [5, 5.41) is 4.07. The van der Waals surface area contributed by atoms with Crippen molar-refractivity contribution in [1.29, 1.82) is 0 Å². The normalized spacial score (nSPS) is 10.9. The van der Waals surface area contributed by atoms with Crippen LogP contribution in [0.1, 0.15) is 5.56 Å². The quantitative estimate of drug-likeness (QED) is 0.734. The number of nitrogens with one attached hydrogen (secondary N) is 1. The van der Waals surface area contributed by atoms with Crippen LogP contribution in [0.25, 0.3) is 10.3 Å². The second kappa shape index (κ2) is 5.95. The van der Waals surface area contributed by atoms with Gasteiger partial charge in [0.1, 0.15) is 16.8 Å². The number of hydrogen-bond acceptors (Lipinski definition) is 6. The third-order valence-corrected chi connectivity index (χ3v) is 5.01. The van der Waals surface area contributed by atoms with Crippen molar-refractivity contribution >= 4 is 50.9 Å². The summed E-state index contributed by atoms with van der Waals surface area (Å²) in [6.45, 7) is 0.690. The van der Waals surface area contributed by atoms with E-state index >= 15 is 0 Å². The number of thiazole rings is 1. The highest BCUT2D eigenvalue weighted by Crippen LogP contribution is 2.31. The highest BCUT2D eigenvalue weighted by molar-refractivity contribution is 8.00. The molecule has 0 aliphatic carbocycles. The van der Waals surface area contributed by atoms with Crippen LogP contribution in [-0.4, -0.2) is 21.2 Å². The van der Waals surface area contributed by atoms with E-state index in [2.05, 4.69) is 20.3 Å². The van der Waals surface area contributed by atoms with Crippen molar-refractivity contribution in [2.24, 2.45) is 0 Å². The van der Waals surface area contributed by atoms with Crippen LogP contribution in [0.3, 0.4) is 0 Å². The van der Waals surface area contributed by atoms with E-state index < -0.39 is 0 Å². The lowest BCUT2D eigenvalue weighted by Gasteiger charge is -2.05. The molecule has 0 radical (unpaired) electrons. The van der Waals surface area contributed by atoms with Crippen LogP contribution in [-0.2, 0) is 6.54 Å². The largest absolute Gasteiger partial charge is 0.365 e. The summed E-state index contributed by atoms with van der Waals surface area (Å²) in [5.74, 6) is 0.822. The summed E-state index contributed by atoms with van der Waals surface area (Å²) >= 11 is 9.10. The van der Waals surface area contributed by atoms with E-state index in [9.17, 15) is 0 Å². The van der Waals surface area contributed by atoms with Gasteiger partial charge < -0.3 is 5.32 Å². The van der Waals surface area contributed by atoms with E-state index in [1.165, 1.54) is 6.33 Å². The SMILES string of the molecule is CSc1nc2ncnc(NCc3ccc(Cl)cc3)c2s1. The predicted molar refractivity (Wildman–Crippen MR) is 85.8 cm³/mol. The van der Waals surface area contributed by atoms with Gasteiger partial charge in [-0.1, -0.05) is 35.5 Å². The minimum absolute atomic E-state index is 0.690. The first-order valence-corrected chi connectivity index (χ1v) is 8.32. The van der Waals surface area contributed by atoms with E-state index in [1.54, 1.807) is 23.1 Å². The maximum Gasteiger partial charge on any atom is 0.176 e. The van der Waals surface area contributed by atoms with Crippen molar-refractivity contribution in [2.75, 3.05) is 11.6 Å². The van der Waals surface area contributed by atoms with Gasteiger partial charge in [0.25, 0.3) is 0 Å². The summed E-state index contributed by atoms with van der Waals surface area (Å²) in [5.41, 5.74) is 1.89. The molecule has 2 aromatic heterocycles. The molecule has 0 aliphatic rings. The van der Waals surface area contributed by atoms with Crippen molar-refractivity contribution in [3.63, 3.8) is 0 Å². The number of nitrogens with zero attached hydrogens (tertiary/aromatic N) is 3. The zero-order valence-electron chi connectivity index (χ0n) is 10.6. The Morgan fingerprint density at radius 1 is 1.25 bits per heavy atom. The van der Waals surface area contributed by atoms with E-state index in [4.69, 9.17) is 11.6 Å². The molecule has 102 valence electrons. The van der Waals surface area contributed by atoms with Crippen molar-refractivity contribution in [3.05, 3.63) is 41.2 Å². The monoisotopic (exact) mass is 322 g/mol. The van der Waals surface area contributed by atoms with Crippen LogP contribution < -0.4 is 5.32 Å². The molecule has 3 aromatic rings. The van der Waals surface area contributed by atoms with Crippen LogP contribution in [0, 0.1) is 0 Å². The Kier molecular flexibility index (Phi) is 4.05. The van der Waals surface area contributed by atoms with E-state index in [-0.39, 0.29) is 0 Å². The van der Waals surface area contributed by atoms with Gasteiger partial charge in [0.2, 0.25) is 0 Å². The molecule has 20 heavy (non-hydrogen) atoms. The van der Waals surface area contributed by atoms with Crippen LogP contribution in [0.2, 0.25) is 5.02 Å². The smallest absolute Gasteiger partial charge is 0.176 e. The summed E-state index contributed by atoms with van der Waals surface area (Å²) in [6.07, 6.45) is 3.54. The molecule has 0 atom stereocenters. The molecule has 1 aromatic carbocycles. The van der Waals surface area contributed by atoms with Gasteiger partial charge in [-0.25, -0.2) is 15.0 Å². The second-order valence-electron chi connectivity index (χ2n) is 4.04. The molecule has 7 heteroatoms. The Labute approximate surface area is 129 Å². The van der Waals surface area contributed by atoms with Gasteiger partial charge in [0.05, 0.1) is 0 Å². The average molecular weight is 323 g/mol. The Bertz CT molecular complexity index is 727. The number of benzene rings is 1. The van der Waals surface area contributed by atoms with Crippen LogP contribution in [0.4, 0.5) is 5.82 Å². The fourth-order valence-electron chi connectivity index (χ4n) is 1.74. The van der Waals surface area contributed by atoms with Gasteiger partial charge in [-0.05, 0) is 24.0 Å². The first kappa shape index (κ1) is 13.6. The minimum atomic E-state index is 0.690. The second-order valence-corrected chi connectivity index (χ2v) is 6.53. The Balaban J connectivity index is 1.83. The first-order chi connectivity index (χ1) is 9.76. The first-order valence-electron chi connectivity index (χ1n) is 5.90. The minimum Gasteiger partial charge on any atom is -0.365 e. The lowest BCUT2D eigenvalue weighted by Crippen LogP contribution is -2.01. The molecule has 0 aliphatic heterocycles. The topological polar surface area (TPSA) is 50.7 Å². The number of hydrogen-bond donors (Lipinski definition) is 1. The number of anilines is 1. The van der Waals surface area contributed by atoms with Crippen LogP contribution in [0.5, 0.6) is 0 Å². The van der Waals surface area contributed by atoms with Crippen molar-refractivity contribution < 1.29 is 0 Å². The molecular weight excluding hydrogens is 312 g/mol. The highest BCUT2D eigenvalue weighted by Gasteiger charge is 2.09. The fraction of sp³-hybridized carbons (Fsp3) is 0.154. The summed E-state index contributed by atoms with van der Waals surface area (Å²) in [4.78, 5) is 12.9. The number of aromatic nitrogens is 3. The molecule has 0 saturated carbocycles. The molecular formula is C13H11ClN4S2. The molecule has 0 spiro atoms. The zero-order chi connectivity index (χ0) is 13.9. The van der Waals surface area contributed by atoms with Crippen molar-refractivity contribution in [3.8, 4) is 0 Å². The Hall–Kier alpha value is -1.37. The molecule has 1 N–H and O–H groups in total. The Morgan fingerprint density at radius 2 is 2.05 bits per heavy atom. The van der Waals surface area contributed by atoms with E-state index in [0.29, 0.717) is 6.54 Å². The lowest BCUT2D eigenvalue weighted by molar-refractivity contribution is 1.10. The standard InChI is InChI=1S/C13H11ClN4S2/c1-19-13-18-12-10(20-13)11(16-7-17-12)15-6-8-2-4-9(14)5-3-8/h2-5,7H,6H2,1H3,(H,15,16,17). The lowest BCUT2D eigenvalue weighted by atomic mass is 10.2. The molecule has 0 fully saturated rings. The molecule has 0 unspecified atom stereocenters. The highest BCUT2D eigenvalue weighted by atomic mass is 35.5. The number of halogens is 1. The summed E-state index contributed by atoms with van der Waals surface area (Å²) in [6, 6.07) is 7.75. The van der Waals surface area contributed by atoms with Crippen LogP contribution >= 0.6 is 34.7 Å². The number of fused-ring (bicyclic) bond motifs is 1.